The first-order valence-corrected chi connectivity index (χ1v) is 7.31. The van der Waals surface area contributed by atoms with Crippen molar-refractivity contribution in [3.05, 3.63) is 21.8 Å². The fourth-order valence-corrected chi connectivity index (χ4v) is 3.31. The summed E-state index contributed by atoms with van der Waals surface area (Å²) in [4.78, 5) is 5.25. The van der Waals surface area contributed by atoms with Crippen molar-refractivity contribution in [2.45, 2.75) is 18.4 Å². The lowest BCUT2D eigenvalue weighted by Gasteiger charge is -2.28. The molecular weight excluding hydrogens is 318 g/mol. The first-order valence-electron chi connectivity index (χ1n) is 5.70. The highest BCUT2D eigenvalue weighted by Crippen LogP contribution is 2.33. The van der Waals surface area contributed by atoms with Gasteiger partial charge in [0.2, 0.25) is 5.82 Å². The van der Waals surface area contributed by atoms with E-state index in [1.807, 2.05) is 12.1 Å². The lowest BCUT2D eigenvalue weighted by Crippen LogP contribution is -2.39. The highest BCUT2D eigenvalue weighted by molar-refractivity contribution is 9.11. The largest absolute Gasteiger partial charge is 0.380 e. The van der Waals surface area contributed by atoms with Crippen LogP contribution in [0.1, 0.15) is 18.7 Å². The van der Waals surface area contributed by atoms with Gasteiger partial charge in [-0.1, -0.05) is 5.16 Å². The highest BCUT2D eigenvalue weighted by Gasteiger charge is 2.37. The number of nitrogens with zero attached hydrogens (tertiary/aromatic N) is 2. The number of aromatic nitrogens is 2. The molecule has 3 rings (SSSR count). The molecule has 0 radical (unpaired) electrons. The lowest BCUT2D eigenvalue weighted by molar-refractivity contribution is -0.0228. The van der Waals surface area contributed by atoms with Gasteiger partial charge in [-0.05, 0) is 54.0 Å². The summed E-state index contributed by atoms with van der Waals surface area (Å²) >= 11 is 4.94. The normalized spacial score (nSPS) is 19.0. The van der Waals surface area contributed by atoms with E-state index in [0.717, 1.165) is 21.8 Å². The molecule has 2 aromatic rings. The summed E-state index contributed by atoms with van der Waals surface area (Å²) in [6, 6.07) is 3.87. The number of rotatable bonds is 2. The van der Waals surface area contributed by atoms with Gasteiger partial charge in [-0.25, -0.2) is 0 Å². The molecule has 1 saturated heterocycles. The average Bonchev–Trinajstić information content (AvgIpc) is 2.98. The van der Waals surface area contributed by atoms with Crippen molar-refractivity contribution in [1.29, 1.82) is 0 Å². The Morgan fingerprint density at radius 1 is 1.39 bits per heavy atom. The van der Waals surface area contributed by atoms with Crippen LogP contribution < -0.4 is 5.32 Å². The van der Waals surface area contributed by atoms with E-state index in [1.165, 1.54) is 11.3 Å². The Morgan fingerprint density at radius 2 is 2.17 bits per heavy atom. The number of thiophene rings is 1. The molecule has 3 heterocycles. The first-order chi connectivity index (χ1) is 8.67. The second kappa shape index (κ2) is 4.73. The molecule has 96 valence electrons. The molecule has 5 nitrogen and oxygen atoms in total. The Bertz CT molecular complexity index is 548. The molecule has 0 atom stereocenters. The van der Waals surface area contributed by atoms with Gasteiger partial charge < -0.3 is 14.9 Å². The van der Waals surface area contributed by atoms with Crippen molar-refractivity contribution in [3.63, 3.8) is 0 Å². The molecule has 2 aromatic heterocycles. The molecule has 0 aromatic carbocycles. The van der Waals surface area contributed by atoms with Gasteiger partial charge in [0.25, 0.3) is 5.89 Å². The van der Waals surface area contributed by atoms with E-state index in [1.54, 1.807) is 0 Å². The first kappa shape index (κ1) is 12.3. The Kier molecular flexibility index (Phi) is 3.23. The van der Waals surface area contributed by atoms with E-state index in [4.69, 9.17) is 4.52 Å². The van der Waals surface area contributed by atoms with Crippen LogP contribution in [0.3, 0.4) is 0 Å². The Balaban J connectivity index is 1.89. The number of aliphatic hydroxyl groups is 1. The van der Waals surface area contributed by atoms with Crippen LogP contribution in [-0.4, -0.2) is 28.3 Å². The van der Waals surface area contributed by atoms with E-state index in [-0.39, 0.29) is 0 Å². The average molecular weight is 330 g/mol. The maximum absolute atomic E-state index is 10.5. The van der Waals surface area contributed by atoms with E-state index < -0.39 is 5.60 Å². The number of hydrogen-bond donors (Lipinski definition) is 2. The summed E-state index contributed by atoms with van der Waals surface area (Å²) in [6.45, 7) is 1.53. The van der Waals surface area contributed by atoms with E-state index in [9.17, 15) is 5.11 Å². The van der Waals surface area contributed by atoms with Crippen LogP contribution >= 0.6 is 27.3 Å². The molecule has 0 aliphatic carbocycles. The maximum atomic E-state index is 10.5. The molecule has 7 heteroatoms. The van der Waals surface area contributed by atoms with Gasteiger partial charge in [0.1, 0.15) is 5.60 Å². The lowest BCUT2D eigenvalue weighted by atomic mass is 9.92. The number of halogens is 1. The summed E-state index contributed by atoms with van der Waals surface area (Å²) in [5.41, 5.74) is -0.981. The second-order valence-corrected chi connectivity index (χ2v) is 6.77. The molecule has 18 heavy (non-hydrogen) atoms. The summed E-state index contributed by atoms with van der Waals surface area (Å²) < 4.78 is 6.24. The van der Waals surface area contributed by atoms with E-state index in [2.05, 4.69) is 31.4 Å². The zero-order valence-corrected chi connectivity index (χ0v) is 11.9. The zero-order valence-electron chi connectivity index (χ0n) is 9.52. The van der Waals surface area contributed by atoms with E-state index >= 15 is 0 Å². The van der Waals surface area contributed by atoms with Gasteiger partial charge in [0.05, 0.1) is 8.66 Å². The third kappa shape index (κ3) is 2.23. The fourth-order valence-electron chi connectivity index (χ4n) is 2.00. The fraction of sp³-hybridized carbons (Fsp3) is 0.455. The SMILES string of the molecule is OC1(c2nc(-c3ccc(Br)s3)no2)CCNCC1. The molecule has 1 fully saturated rings. The third-order valence-corrected chi connectivity index (χ3v) is 4.67. The number of piperidine rings is 1. The van der Waals surface area contributed by atoms with Gasteiger partial charge in [-0.15, -0.1) is 11.3 Å². The number of nitrogens with one attached hydrogen (secondary N) is 1. The summed E-state index contributed by atoms with van der Waals surface area (Å²) in [6.07, 6.45) is 1.20. The molecule has 0 spiro atoms. The molecule has 0 amide bonds. The van der Waals surface area contributed by atoms with Crippen LogP contribution in [0.4, 0.5) is 0 Å². The second-order valence-electron chi connectivity index (χ2n) is 4.31. The van der Waals surface area contributed by atoms with Crippen molar-refractivity contribution in [3.8, 4) is 10.7 Å². The van der Waals surface area contributed by atoms with Gasteiger partial charge in [0.15, 0.2) is 0 Å². The smallest absolute Gasteiger partial charge is 0.259 e. The molecule has 0 bridgehead atoms. The number of hydrogen-bond acceptors (Lipinski definition) is 6. The highest BCUT2D eigenvalue weighted by atomic mass is 79.9. The van der Waals surface area contributed by atoms with Crippen LogP contribution in [0.15, 0.2) is 20.4 Å². The minimum atomic E-state index is -0.981. The molecule has 0 saturated carbocycles. The van der Waals surface area contributed by atoms with Crippen LogP contribution in [-0.2, 0) is 5.60 Å². The molecular formula is C11H12BrN3O2S. The predicted molar refractivity (Wildman–Crippen MR) is 71.3 cm³/mol. The van der Waals surface area contributed by atoms with Gasteiger partial charge in [-0.2, -0.15) is 4.98 Å². The van der Waals surface area contributed by atoms with Crippen LogP contribution in [0, 0.1) is 0 Å². The van der Waals surface area contributed by atoms with Crippen molar-refractivity contribution < 1.29 is 9.63 Å². The minimum absolute atomic E-state index is 0.323. The van der Waals surface area contributed by atoms with Crippen molar-refractivity contribution in [2.24, 2.45) is 0 Å². The van der Waals surface area contributed by atoms with Crippen molar-refractivity contribution in [2.75, 3.05) is 13.1 Å². The minimum Gasteiger partial charge on any atom is -0.380 e. The Labute approximate surface area is 116 Å². The van der Waals surface area contributed by atoms with E-state index in [0.29, 0.717) is 24.6 Å². The van der Waals surface area contributed by atoms with Gasteiger partial charge >= 0.3 is 0 Å². The predicted octanol–water partition coefficient (Wildman–Crippen LogP) is 2.13. The Hall–Kier alpha value is -0.760. The topological polar surface area (TPSA) is 71.2 Å². The monoisotopic (exact) mass is 329 g/mol. The maximum Gasteiger partial charge on any atom is 0.259 e. The zero-order chi connectivity index (χ0) is 12.6. The molecule has 0 unspecified atom stereocenters. The van der Waals surface area contributed by atoms with Crippen molar-refractivity contribution >= 4 is 27.3 Å². The van der Waals surface area contributed by atoms with Crippen LogP contribution in [0.25, 0.3) is 10.7 Å². The summed E-state index contributed by atoms with van der Waals surface area (Å²) in [5.74, 6) is 0.858. The quantitative estimate of drug-likeness (QED) is 0.883. The standard InChI is InChI=1S/C11H12BrN3O2S/c12-8-2-1-7(18-8)9-14-10(17-15-9)11(16)3-5-13-6-4-11/h1-2,13,16H,3-6H2. The van der Waals surface area contributed by atoms with Gasteiger partial charge in [-0.3, -0.25) is 0 Å². The summed E-state index contributed by atoms with van der Waals surface area (Å²) in [5, 5.41) is 17.6. The molecule has 1 aliphatic rings. The molecule has 2 N–H and O–H groups in total. The van der Waals surface area contributed by atoms with Gasteiger partial charge in [0, 0.05) is 0 Å². The third-order valence-electron chi connectivity index (χ3n) is 3.05. The van der Waals surface area contributed by atoms with Crippen LogP contribution in [0.2, 0.25) is 0 Å². The summed E-state index contributed by atoms with van der Waals surface area (Å²) in [7, 11) is 0. The van der Waals surface area contributed by atoms with Crippen LogP contribution in [0.5, 0.6) is 0 Å². The molecule has 1 aliphatic heterocycles. The van der Waals surface area contributed by atoms with Crippen molar-refractivity contribution in [1.82, 2.24) is 15.5 Å². The Morgan fingerprint density at radius 3 is 2.83 bits per heavy atom.